The SMILES string of the molecule is Cc1cc(C)c(Sc2nc3c(N)ncnc3n2CCC2=CCCC=C2)cc1Cl. The van der Waals surface area contributed by atoms with E-state index in [9.17, 15) is 0 Å². The summed E-state index contributed by atoms with van der Waals surface area (Å²) in [5.41, 5.74) is 11.1. The van der Waals surface area contributed by atoms with Gasteiger partial charge in [-0.05, 0) is 50.3 Å². The predicted molar refractivity (Wildman–Crippen MR) is 116 cm³/mol. The normalized spacial score (nSPS) is 13.9. The molecule has 0 saturated heterocycles. The van der Waals surface area contributed by atoms with Crippen molar-refractivity contribution in [3.63, 3.8) is 0 Å². The fourth-order valence-corrected chi connectivity index (χ4v) is 4.57. The fourth-order valence-electron chi connectivity index (χ4n) is 3.32. The van der Waals surface area contributed by atoms with Gasteiger partial charge in [-0.2, -0.15) is 0 Å². The molecule has 7 heteroatoms. The summed E-state index contributed by atoms with van der Waals surface area (Å²) >= 11 is 7.95. The summed E-state index contributed by atoms with van der Waals surface area (Å²) in [6, 6.07) is 4.10. The van der Waals surface area contributed by atoms with Crippen LogP contribution >= 0.6 is 23.4 Å². The summed E-state index contributed by atoms with van der Waals surface area (Å²) in [5.74, 6) is 0.404. The van der Waals surface area contributed by atoms with Crippen molar-refractivity contribution >= 4 is 40.3 Å². The summed E-state index contributed by atoms with van der Waals surface area (Å²) in [6.45, 7) is 4.88. The standard InChI is InChI=1S/C21H22ClN5S/c1-13-10-14(2)17(11-16(13)22)28-21-26-18-19(23)24-12-25-20(18)27(21)9-8-15-6-4-3-5-7-15/h4,6-7,10-12H,3,5,8-9H2,1-2H3,(H2,23,24,25). The Hall–Kier alpha value is -2.31. The largest absolute Gasteiger partial charge is 0.382 e. The van der Waals surface area contributed by atoms with E-state index in [0.29, 0.717) is 11.3 Å². The molecule has 1 aliphatic carbocycles. The van der Waals surface area contributed by atoms with Crippen LogP contribution < -0.4 is 5.73 Å². The second-order valence-electron chi connectivity index (χ2n) is 6.95. The third-order valence-electron chi connectivity index (χ3n) is 4.88. The van der Waals surface area contributed by atoms with E-state index in [1.807, 2.05) is 13.0 Å². The van der Waals surface area contributed by atoms with Gasteiger partial charge in [-0.15, -0.1) is 0 Å². The lowest BCUT2D eigenvalue weighted by molar-refractivity contribution is 0.646. The van der Waals surface area contributed by atoms with Crippen molar-refractivity contribution < 1.29 is 0 Å². The Balaban J connectivity index is 1.72. The smallest absolute Gasteiger partial charge is 0.175 e. The Labute approximate surface area is 173 Å². The highest BCUT2D eigenvalue weighted by molar-refractivity contribution is 7.99. The van der Waals surface area contributed by atoms with Crippen molar-refractivity contribution in [1.29, 1.82) is 0 Å². The number of aromatic nitrogens is 4. The van der Waals surface area contributed by atoms with Gasteiger partial charge in [0.15, 0.2) is 22.1 Å². The van der Waals surface area contributed by atoms with E-state index < -0.39 is 0 Å². The molecule has 2 N–H and O–H groups in total. The second-order valence-corrected chi connectivity index (χ2v) is 8.37. The van der Waals surface area contributed by atoms with Gasteiger partial charge in [0.05, 0.1) is 0 Å². The minimum Gasteiger partial charge on any atom is -0.382 e. The first-order valence-electron chi connectivity index (χ1n) is 9.30. The first-order chi connectivity index (χ1) is 13.5. The number of imidazole rings is 1. The van der Waals surface area contributed by atoms with E-state index in [1.54, 1.807) is 11.8 Å². The molecule has 0 unspecified atom stereocenters. The van der Waals surface area contributed by atoms with Gasteiger partial charge in [-0.25, -0.2) is 15.0 Å². The Morgan fingerprint density at radius 3 is 2.82 bits per heavy atom. The van der Waals surface area contributed by atoms with Gasteiger partial charge in [0.2, 0.25) is 0 Å². The molecule has 2 aromatic heterocycles. The number of nitrogen functional groups attached to an aromatic ring is 1. The molecular weight excluding hydrogens is 390 g/mol. The number of hydrogen-bond acceptors (Lipinski definition) is 5. The van der Waals surface area contributed by atoms with E-state index in [1.165, 1.54) is 17.5 Å². The molecule has 0 spiro atoms. The zero-order valence-electron chi connectivity index (χ0n) is 15.9. The van der Waals surface area contributed by atoms with Crippen LogP contribution in [0.5, 0.6) is 0 Å². The minimum absolute atomic E-state index is 0.404. The highest BCUT2D eigenvalue weighted by Gasteiger charge is 2.17. The van der Waals surface area contributed by atoms with Crippen LogP contribution in [0.4, 0.5) is 5.82 Å². The van der Waals surface area contributed by atoms with Crippen LogP contribution in [0.3, 0.4) is 0 Å². The first-order valence-corrected chi connectivity index (χ1v) is 10.5. The third kappa shape index (κ3) is 3.80. The van der Waals surface area contributed by atoms with Gasteiger partial charge in [0.1, 0.15) is 6.33 Å². The van der Waals surface area contributed by atoms with E-state index in [2.05, 4.69) is 45.8 Å². The molecular formula is C21H22ClN5S. The van der Waals surface area contributed by atoms with Crippen LogP contribution in [-0.2, 0) is 6.54 Å². The van der Waals surface area contributed by atoms with Crippen LogP contribution in [0.2, 0.25) is 5.02 Å². The van der Waals surface area contributed by atoms with Gasteiger partial charge >= 0.3 is 0 Å². The zero-order chi connectivity index (χ0) is 19.7. The van der Waals surface area contributed by atoms with Gasteiger partial charge in [-0.1, -0.05) is 53.2 Å². The van der Waals surface area contributed by atoms with Gasteiger partial charge in [0, 0.05) is 16.5 Å². The van der Waals surface area contributed by atoms with Crippen LogP contribution in [0.15, 0.2) is 52.3 Å². The number of rotatable bonds is 5. The summed E-state index contributed by atoms with van der Waals surface area (Å²) in [4.78, 5) is 14.4. The van der Waals surface area contributed by atoms with Crippen molar-refractivity contribution in [1.82, 2.24) is 19.5 Å². The van der Waals surface area contributed by atoms with Crippen molar-refractivity contribution in [2.75, 3.05) is 5.73 Å². The van der Waals surface area contributed by atoms with E-state index in [4.69, 9.17) is 22.3 Å². The minimum atomic E-state index is 0.404. The summed E-state index contributed by atoms with van der Waals surface area (Å²) in [5, 5.41) is 1.61. The summed E-state index contributed by atoms with van der Waals surface area (Å²) < 4.78 is 2.13. The molecule has 0 radical (unpaired) electrons. The van der Waals surface area contributed by atoms with Crippen molar-refractivity contribution in [2.24, 2.45) is 0 Å². The highest BCUT2D eigenvalue weighted by atomic mass is 35.5. The molecule has 0 atom stereocenters. The number of allylic oxidation sites excluding steroid dienone is 4. The Morgan fingerprint density at radius 2 is 2.04 bits per heavy atom. The van der Waals surface area contributed by atoms with Crippen molar-refractivity contribution in [3.8, 4) is 0 Å². The molecule has 4 rings (SSSR count). The van der Waals surface area contributed by atoms with Crippen LogP contribution in [0.1, 0.15) is 30.4 Å². The quantitative estimate of drug-likeness (QED) is 0.600. The topological polar surface area (TPSA) is 69.6 Å². The average Bonchev–Trinajstić information content (AvgIpc) is 3.04. The van der Waals surface area contributed by atoms with Gasteiger partial charge in [-0.3, -0.25) is 0 Å². The zero-order valence-corrected chi connectivity index (χ0v) is 17.5. The van der Waals surface area contributed by atoms with E-state index >= 15 is 0 Å². The van der Waals surface area contributed by atoms with Crippen molar-refractivity contribution in [2.45, 2.75) is 49.7 Å². The molecule has 5 nitrogen and oxygen atoms in total. The maximum Gasteiger partial charge on any atom is 0.175 e. The molecule has 1 aliphatic rings. The Bertz CT molecular complexity index is 1100. The molecule has 1 aromatic carbocycles. The second kappa shape index (κ2) is 7.97. The number of fused-ring (bicyclic) bond motifs is 1. The number of nitrogens with zero attached hydrogens (tertiary/aromatic N) is 4. The summed E-state index contributed by atoms with van der Waals surface area (Å²) in [6.07, 6.45) is 11.4. The predicted octanol–water partition coefficient (Wildman–Crippen LogP) is 5.50. The lowest BCUT2D eigenvalue weighted by atomic mass is 10.0. The molecule has 28 heavy (non-hydrogen) atoms. The van der Waals surface area contributed by atoms with Crippen LogP contribution in [0, 0.1) is 13.8 Å². The maximum absolute atomic E-state index is 6.36. The summed E-state index contributed by atoms with van der Waals surface area (Å²) in [7, 11) is 0. The number of hydrogen-bond donors (Lipinski definition) is 1. The highest BCUT2D eigenvalue weighted by Crippen LogP contribution is 2.35. The fraction of sp³-hybridized carbons (Fsp3) is 0.286. The van der Waals surface area contributed by atoms with Gasteiger partial charge < -0.3 is 10.3 Å². The lowest BCUT2D eigenvalue weighted by Crippen LogP contribution is -2.03. The molecule has 2 heterocycles. The van der Waals surface area contributed by atoms with E-state index in [-0.39, 0.29) is 0 Å². The van der Waals surface area contributed by atoms with Crippen LogP contribution in [-0.4, -0.2) is 19.5 Å². The monoisotopic (exact) mass is 411 g/mol. The number of benzene rings is 1. The number of anilines is 1. The first kappa shape index (κ1) is 19.0. The molecule has 0 saturated carbocycles. The maximum atomic E-state index is 6.36. The molecule has 0 fully saturated rings. The number of halogens is 1. The lowest BCUT2D eigenvalue weighted by Gasteiger charge is -2.12. The van der Waals surface area contributed by atoms with Crippen LogP contribution in [0.25, 0.3) is 11.2 Å². The average molecular weight is 412 g/mol. The van der Waals surface area contributed by atoms with Crippen molar-refractivity contribution in [3.05, 3.63) is 58.4 Å². The van der Waals surface area contributed by atoms with E-state index in [0.717, 1.165) is 52.1 Å². The third-order valence-corrected chi connectivity index (χ3v) is 6.44. The van der Waals surface area contributed by atoms with Gasteiger partial charge in [0.25, 0.3) is 0 Å². The molecule has 3 aromatic rings. The molecule has 0 aliphatic heterocycles. The number of nitrogens with two attached hydrogens (primary N) is 1. The molecule has 0 amide bonds. The number of aryl methyl sites for hydroxylation is 3. The Kier molecular flexibility index (Phi) is 5.42. The molecule has 0 bridgehead atoms. The molecule has 144 valence electrons. The Morgan fingerprint density at radius 1 is 1.18 bits per heavy atom.